The molecule has 1 aliphatic heterocycles. The number of nitrogens with zero attached hydrogens (tertiary/aromatic N) is 5. The van der Waals surface area contributed by atoms with Gasteiger partial charge in [-0.3, -0.25) is 4.79 Å². The molecule has 7 nitrogen and oxygen atoms in total. The van der Waals surface area contributed by atoms with E-state index in [1.807, 2.05) is 52.1 Å². The summed E-state index contributed by atoms with van der Waals surface area (Å²) in [6.07, 6.45) is 1.52. The first-order valence-corrected chi connectivity index (χ1v) is 12.1. The first kappa shape index (κ1) is 21.4. The van der Waals surface area contributed by atoms with Crippen molar-refractivity contribution in [2.24, 2.45) is 0 Å². The summed E-state index contributed by atoms with van der Waals surface area (Å²) in [7, 11) is 0. The summed E-state index contributed by atoms with van der Waals surface area (Å²) in [5, 5.41) is 10.7. The Labute approximate surface area is 204 Å². The van der Waals surface area contributed by atoms with Gasteiger partial charge in [-0.15, -0.1) is 21.5 Å². The maximum Gasteiger partial charge on any atom is 0.254 e. The molecule has 4 heterocycles. The monoisotopic (exact) mass is 485 g/mol. The van der Waals surface area contributed by atoms with Gasteiger partial charge in [-0.2, -0.15) is 0 Å². The Kier molecular flexibility index (Phi) is 5.26. The number of halogens is 1. The fourth-order valence-corrected chi connectivity index (χ4v) is 5.07. The molecule has 5 aromatic rings. The van der Waals surface area contributed by atoms with Gasteiger partial charge < -0.3 is 13.9 Å². The normalized spacial score (nSPS) is 15.3. The molecular weight excluding hydrogens is 465 g/mol. The highest BCUT2D eigenvalue weighted by Gasteiger charge is 2.32. The molecule has 0 spiro atoms. The lowest BCUT2D eigenvalue weighted by Gasteiger charge is -2.33. The summed E-state index contributed by atoms with van der Waals surface area (Å²) < 4.78 is 20.8. The summed E-state index contributed by atoms with van der Waals surface area (Å²) in [5.41, 5.74) is 2.96. The number of carbonyl (C=O) groups excluding carboxylic acids is 1. The van der Waals surface area contributed by atoms with E-state index < -0.39 is 0 Å². The van der Waals surface area contributed by atoms with Crippen LogP contribution in [0.3, 0.4) is 0 Å². The van der Waals surface area contributed by atoms with E-state index in [1.54, 1.807) is 23.5 Å². The zero-order valence-electron chi connectivity index (χ0n) is 18.8. The van der Waals surface area contributed by atoms with Crippen molar-refractivity contribution >= 4 is 17.2 Å². The number of aromatic nitrogens is 4. The van der Waals surface area contributed by atoms with Crippen molar-refractivity contribution in [2.45, 2.75) is 19.5 Å². The smallest absolute Gasteiger partial charge is 0.254 e. The maximum atomic E-state index is 13.3. The third kappa shape index (κ3) is 3.83. The quantitative estimate of drug-likeness (QED) is 0.327. The van der Waals surface area contributed by atoms with Gasteiger partial charge in [0.15, 0.2) is 11.6 Å². The molecule has 3 aromatic heterocycles. The van der Waals surface area contributed by atoms with E-state index in [0.717, 1.165) is 5.56 Å². The van der Waals surface area contributed by atoms with Crippen LogP contribution in [0.1, 0.15) is 29.1 Å². The minimum atomic E-state index is -0.321. The third-order valence-corrected chi connectivity index (χ3v) is 7.13. The number of oxazole rings is 1. The topological polar surface area (TPSA) is 77.1 Å². The Morgan fingerprint density at radius 2 is 1.80 bits per heavy atom. The Morgan fingerprint density at radius 3 is 2.54 bits per heavy atom. The van der Waals surface area contributed by atoms with Crippen LogP contribution < -0.4 is 0 Å². The van der Waals surface area contributed by atoms with Gasteiger partial charge in [-0.1, -0.05) is 18.2 Å². The number of rotatable bonds is 4. The van der Waals surface area contributed by atoms with Gasteiger partial charge in [0.05, 0.1) is 6.04 Å². The van der Waals surface area contributed by atoms with Crippen molar-refractivity contribution in [3.63, 3.8) is 0 Å². The number of fused-ring (bicyclic) bond motifs is 1. The summed E-state index contributed by atoms with van der Waals surface area (Å²) in [5.74, 6) is 1.30. The highest BCUT2D eigenvalue weighted by atomic mass is 32.1. The SMILES string of the molecule is C[C@@H]1c2nnc(-c3coc(-c4ccc(F)cc4)n3)n2CCN1C(=O)c1ccc(-c2cccs2)cc1. The fourth-order valence-electron chi connectivity index (χ4n) is 4.34. The van der Waals surface area contributed by atoms with Crippen LogP contribution in [0, 0.1) is 5.82 Å². The zero-order chi connectivity index (χ0) is 23.9. The van der Waals surface area contributed by atoms with Gasteiger partial charge in [0, 0.05) is 29.1 Å². The van der Waals surface area contributed by atoms with Crippen molar-refractivity contribution in [3.8, 4) is 33.4 Å². The van der Waals surface area contributed by atoms with Crippen molar-refractivity contribution in [1.82, 2.24) is 24.6 Å². The summed E-state index contributed by atoms with van der Waals surface area (Å²) in [6, 6.07) is 17.5. The van der Waals surface area contributed by atoms with Crippen LogP contribution in [-0.4, -0.2) is 37.1 Å². The average Bonchev–Trinajstić information content (AvgIpc) is 3.65. The molecule has 0 saturated carbocycles. The van der Waals surface area contributed by atoms with Gasteiger partial charge in [0.25, 0.3) is 5.91 Å². The van der Waals surface area contributed by atoms with Crippen molar-refractivity contribution in [1.29, 1.82) is 0 Å². The Morgan fingerprint density at radius 1 is 1.03 bits per heavy atom. The molecule has 6 rings (SSSR count). The highest BCUT2D eigenvalue weighted by Crippen LogP contribution is 2.31. The van der Waals surface area contributed by atoms with E-state index in [-0.39, 0.29) is 17.8 Å². The molecule has 0 N–H and O–H groups in total. The van der Waals surface area contributed by atoms with Crippen molar-refractivity contribution in [3.05, 3.63) is 89.5 Å². The molecule has 0 aliphatic carbocycles. The number of hydrogen-bond acceptors (Lipinski definition) is 6. The third-order valence-electron chi connectivity index (χ3n) is 6.21. The van der Waals surface area contributed by atoms with Crippen LogP contribution in [0.25, 0.3) is 33.4 Å². The van der Waals surface area contributed by atoms with Crippen LogP contribution in [-0.2, 0) is 6.54 Å². The molecule has 0 fully saturated rings. The lowest BCUT2D eigenvalue weighted by molar-refractivity contribution is 0.0638. The first-order chi connectivity index (χ1) is 17.1. The second-order valence-electron chi connectivity index (χ2n) is 8.31. The predicted octanol–water partition coefficient (Wildman–Crippen LogP) is 5.68. The molecule has 1 amide bonds. The average molecular weight is 486 g/mol. The fraction of sp³-hybridized carbons (Fsp3) is 0.154. The summed E-state index contributed by atoms with van der Waals surface area (Å²) in [4.78, 5) is 20.8. The molecule has 0 radical (unpaired) electrons. The molecule has 35 heavy (non-hydrogen) atoms. The number of carbonyl (C=O) groups is 1. The molecule has 0 unspecified atom stereocenters. The minimum absolute atomic E-state index is 0.0361. The maximum absolute atomic E-state index is 13.3. The van der Waals surface area contributed by atoms with Crippen LogP contribution in [0.2, 0.25) is 0 Å². The molecule has 1 aliphatic rings. The Balaban J connectivity index is 1.23. The molecule has 0 bridgehead atoms. The van der Waals surface area contributed by atoms with E-state index in [2.05, 4.69) is 21.2 Å². The van der Waals surface area contributed by atoms with E-state index in [0.29, 0.717) is 47.4 Å². The van der Waals surface area contributed by atoms with Gasteiger partial charge >= 0.3 is 0 Å². The van der Waals surface area contributed by atoms with Crippen LogP contribution in [0.5, 0.6) is 0 Å². The molecule has 9 heteroatoms. The largest absolute Gasteiger partial charge is 0.444 e. The lowest BCUT2D eigenvalue weighted by atomic mass is 10.1. The van der Waals surface area contributed by atoms with Gasteiger partial charge in [-0.25, -0.2) is 9.37 Å². The van der Waals surface area contributed by atoms with Gasteiger partial charge in [-0.05, 0) is 60.3 Å². The van der Waals surface area contributed by atoms with Crippen LogP contribution >= 0.6 is 11.3 Å². The second kappa shape index (κ2) is 8.59. The van der Waals surface area contributed by atoms with E-state index in [9.17, 15) is 9.18 Å². The highest BCUT2D eigenvalue weighted by molar-refractivity contribution is 7.13. The van der Waals surface area contributed by atoms with Gasteiger partial charge in [0.2, 0.25) is 5.89 Å². The summed E-state index contributed by atoms with van der Waals surface area (Å²) in [6.45, 7) is 3.02. The minimum Gasteiger partial charge on any atom is -0.444 e. The van der Waals surface area contributed by atoms with Crippen LogP contribution in [0.4, 0.5) is 4.39 Å². The molecule has 174 valence electrons. The molecular formula is C26H20FN5O2S. The number of benzene rings is 2. The standard InChI is InChI=1S/C26H20FN5O2S/c1-16-23-29-30-24(21-15-34-25(28-21)18-8-10-20(27)11-9-18)32(23)13-12-31(16)26(33)19-6-4-17(5-7-19)22-3-2-14-35-22/h2-11,14-16H,12-13H2,1H3/t16-/m1/s1. The van der Waals surface area contributed by atoms with E-state index in [4.69, 9.17) is 4.42 Å². The second-order valence-corrected chi connectivity index (χ2v) is 9.26. The molecule has 0 saturated heterocycles. The van der Waals surface area contributed by atoms with E-state index in [1.165, 1.54) is 23.3 Å². The first-order valence-electron chi connectivity index (χ1n) is 11.2. The lowest BCUT2D eigenvalue weighted by Crippen LogP contribution is -2.41. The van der Waals surface area contributed by atoms with Crippen molar-refractivity contribution in [2.75, 3.05) is 6.54 Å². The van der Waals surface area contributed by atoms with Gasteiger partial charge in [0.1, 0.15) is 17.8 Å². The van der Waals surface area contributed by atoms with Crippen molar-refractivity contribution < 1.29 is 13.6 Å². The van der Waals surface area contributed by atoms with Crippen LogP contribution in [0.15, 0.2) is 76.7 Å². The molecule has 1 atom stereocenters. The van der Waals surface area contributed by atoms with E-state index >= 15 is 0 Å². The zero-order valence-corrected chi connectivity index (χ0v) is 19.6. The summed E-state index contributed by atoms with van der Waals surface area (Å²) >= 11 is 1.67. The predicted molar refractivity (Wildman–Crippen MR) is 130 cm³/mol. The Bertz CT molecular complexity index is 1490. The number of amides is 1. The molecule has 2 aromatic carbocycles. The Hall–Kier alpha value is -4.11. The number of thiophene rings is 1. The number of hydrogen-bond donors (Lipinski definition) is 0.